The third kappa shape index (κ3) is 2.93. The second-order valence-electron chi connectivity index (χ2n) is 5.89. The number of hydrogen-bond acceptors (Lipinski definition) is 6. The summed E-state index contributed by atoms with van der Waals surface area (Å²) in [5.41, 5.74) is 0.660. The largest absolute Gasteiger partial charge is 0.384 e. The maximum Gasteiger partial charge on any atom is 0.233 e. The Bertz CT molecular complexity index is 923. The van der Waals surface area contributed by atoms with E-state index in [0.717, 1.165) is 16.3 Å². The molecule has 0 aliphatic rings. The number of aliphatic hydroxyl groups is 1. The van der Waals surface area contributed by atoms with E-state index >= 15 is 0 Å². The molecule has 4 rings (SSSR count). The Balaban J connectivity index is 1.50. The molecule has 1 unspecified atom stereocenters. The third-order valence-electron chi connectivity index (χ3n) is 3.77. The number of aromatic nitrogens is 6. The zero-order chi connectivity index (χ0) is 16.6. The van der Waals surface area contributed by atoms with Gasteiger partial charge in [0.1, 0.15) is 5.60 Å². The Hall–Kier alpha value is -2.58. The lowest BCUT2D eigenvalue weighted by atomic mass is 9.99. The highest BCUT2D eigenvalue weighted by Gasteiger charge is 2.26. The summed E-state index contributed by atoms with van der Waals surface area (Å²) in [4.78, 5) is 9.57. The highest BCUT2D eigenvalue weighted by molar-refractivity contribution is 7.10. The van der Waals surface area contributed by atoms with Crippen molar-refractivity contribution < 1.29 is 5.11 Å². The fourth-order valence-electron chi connectivity index (χ4n) is 2.64. The Kier molecular flexibility index (Phi) is 3.62. The Morgan fingerprint density at radius 3 is 2.96 bits per heavy atom. The van der Waals surface area contributed by atoms with E-state index < -0.39 is 5.60 Å². The maximum atomic E-state index is 10.6. The van der Waals surface area contributed by atoms with Gasteiger partial charge in [-0.15, -0.1) is 16.4 Å². The lowest BCUT2D eigenvalue weighted by Crippen LogP contribution is -2.23. The number of fused-ring (bicyclic) bond motifs is 1. The molecule has 0 spiro atoms. The number of thiophene rings is 1. The molecule has 0 bridgehead atoms. The molecule has 0 fully saturated rings. The summed E-state index contributed by atoms with van der Waals surface area (Å²) in [5, 5.41) is 20.9. The van der Waals surface area contributed by atoms with Gasteiger partial charge in [0.15, 0.2) is 0 Å². The molecule has 0 saturated heterocycles. The number of hydrogen-bond donors (Lipinski definition) is 1. The average molecular weight is 340 g/mol. The van der Waals surface area contributed by atoms with E-state index in [4.69, 9.17) is 0 Å². The molecule has 1 N–H and O–H groups in total. The first-order valence-corrected chi connectivity index (χ1v) is 8.42. The molecule has 0 amide bonds. The van der Waals surface area contributed by atoms with Crippen LogP contribution in [0.25, 0.3) is 5.78 Å². The van der Waals surface area contributed by atoms with E-state index in [-0.39, 0.29) is 0 Å². The van der Waals surface area contributed by atoms with Crippen LogP contribution in [0.15, 0.2) is 48.4 Å². The summed E-state index contributed by atoms with van der Waals surface area (Å²) in [6, 6.07) is 5.72. The van der Waals surface area contributed by atoms with Crippen LogP contribution < -0.4 is 0 Å². The van der Waals surface area contributed by atoms with E-state index in [9.17, 15) is 5.11 Å². The van der Waals surface area contributed by atoms with Crippen LogP contribution in [0.1, 0.15) is 23.2 Å². The van der Waals surface area contributed by atoms with Crippen LogP contribution in [0.3, 0.4) is 0 Å². The number of nitrogens with zero attached hydrogens (tertiary/aromatic N) is 6. The summed E-state index contributed by atoms with van der Waals surface area (Å²) in [5.74, 6) is 0.661. The normalized spacial score (nSPS) is 14.1. The van der Waals surface area contributed by atoms with E-state index in [0.29, 0.717) is 18.7 Å². The van der Waals surface area contributed by atoms with E-state index in [1.165, 1.54) is 11.3 Å². The van der Waals surface area contributed by atoms with Crippen molar-refractivity contribution in [2.45, 2.75) is 25.5 Å². The minimum absolute atomic E-state index is 0.417. The number of rotatable bonds is 5. The summed E-state index contributed by atoms with van der Waals surface area (Å²) in [6.07, 6.45) is 7.81. The monoisotopic (exact) mass is 340 g/mol. The van der Waals surface area contributed by atoms with Crippen molar-refractivity contribution in [1.82, 2.24) is 29.4 Å². The van der Waals surface area contributed by atoms with Gasteiger partial charge in [-0.1, -0.05) is 11.3 Å². The summed E-state index contributed by atoms with van der Waals surface area (Å²) in [6.45, 7) is 2.31. The summed E-state index contributed by atoms with van der Waals surface area (Å²) >= 11 is 1.54. The molecule has 4 aromatic heterocycles. The van der Waals surface area contributed by atoms with Crippen LogP contribution in [0.2, 0.25) is 0 Å². The Morgan fingerprint density at radius 2 is 2.17 bits per heavy atom. The first-order valence-electron chi connectivity index (χ1n) is 7.54. The zero-order valence-corrected chi connectivity index (χ0v) is 13.9. The van der Waals surface area contributed by atoms with Crippen LogP contribution in [-0.4, -0.2) is 34.5 Å². The van der Waals surface area contributed by atoms with Crippen LogP contribution in [0.5, 0.6) is 0 Å². The molecule has 4 heterocycles. The molecular weight excluding hydrogens is 324 g/mol. The van der Waals surface area contributed by atoms with Gasteiger partial charge in [0.2, 0.25) is 5.78 Å². The van der Waals surface area contributed by atoms with Crippen molar-refractivity contribution in [3.63, 3.8) is 0 Å². The quantitative estimate of drug-likeness (QED) is 0.600. The maximum absolute atomic E-state index is 10.6. The predicted octanol–water partition coefficient (Wildman–Crippen LogP) is 1.88. The molecule has 1 atom stereocenters. The smallest absolute Gasteiger partial charge is 0.233 e. The van der Waals surface area contributed by atoms with E-state index in [1.54, 1.807) is 17.8 Å². The lowest BCUT2D eigenvalue weighted by Gasteiger charge is -2.20. The van der Waals surface area contributed by atoms with Gasteiger partial charge >= 0.3 is 0 Å². The molecule has 4 aromatic rings. The molecule has 7 nitrogen and oxygen atoms in total. The van der Waals surface area contributed by atoms with Gasteiger partial charge in [-0.05, 0) is 24.4 Å². The van der Waals surface area contributed by atoms with Crippen molar-refractivity contribution >= 4 is 17.1 Å². The number of imidazole rings is 1. The molecule has 0 aliphatic carbocycles. The van der Waals surface area contributed by atoms with Crippen molar-refractivity contribution in [3.8, 4) is 0 Å². The molecule has 24 heavy (non-hydrogen) atoms. The summed E-state index contributed by atoms with van der Waals surface area (Å²) in [7, 11) is 0. The standard InChI is InChI=1S/C16H16N6OS/c1-16(23,14-4-2-7-24-14)8-12-10-22(20-19-12)11-13-9-21-6-3-5-17-15(21)18-13/h2-7,9-10,23H,8,11H2,1H3. The molecule has 0 aliphatic heterocycles. The first kappa shape index (κ1) is 15.0. The third-order valence-corrected chi connectivity index (χ3v) is 4.90. The topological polar surface area (TPSA) is 81.1 Å². The lowest BCUT2D eigenvalue weighted by molar-refractivity contribution is 0.0604. The minimum atomic E-state index is -0.942. The first-order chi connectivity index (χ1) is 11.6. The fourth-order valence-corrected chi connectivity index (χ4v) is 3.43. The van der Waals surface area contributed by atoms with Crippen molar-refractivity contribution in [1.29, 1.82) is 0 Å². The van der Waals surface area contributed by atoms with E-state index in [2.05, 4.69) is 20.3 Å². The Labute approximate surface area is 142 Å². The second-order valence-corrected chi connectivity index (χ2v) is 6.84. The van der Waals surface area contributed by atoms with E-state index in [1.807, 2.05) is 46.6 Å². The molecule has 0 saturated carbocycles. The van der Waals surface area contributed by atoms with Crippen LogP contribution in [-0.2, 0) is 18.6 Å². The van der Waals surface area contributed by atoms with Crippen molar-refractivity contribution in [3.05, 3.63) is 64.6 Å². The van der Waals surface area contributed by atoms with Gasteiger partial charge < -0.3 is 5.11 Å². The average Bonchev–Trinajstić information content (AvgIpc) is 3.26. The van der Waals surface area contributed by atoms with Gasteiger partial charge in [0, 0.05) is 36.1 Å². The second kappa shape index (κ2) is 5.81. The minimum Gasteiger partial charge on any atom is -0.384 e. The SMILES string of the molecule is CC(O)(Cc1cn(Cc2cn3cccnc3n2)nn1)c1cccs1. The fraction of sp³-hybridized carbons (Fsp3) is 0.250. The van der Waals surface area contributed by atoms with Crippen molar-refractivity contribution in [2.24, 2.45) is 0 Å². The highest BCUT2D eigenvalue weighted by Crippen LogP contribution is 2.28. The van der Waals surface area contributed by atoms with Gasteiger partial charge in [0.05, 0.1) is 17.9 Å². The highest BCUT2D eigenvalue weighted by atomic mass is 32.1. The summed E-state index contributed by atoms with van der Waals surface area (Å²) < 4.78 is 3.59. The Morgan fingerprint density at radius 1 is 1.25 bits per heavy atom. The van der Waals surface area contributed by atoms with Crippen LogP contribution in [0, 0.1) is 0 Å². The van der Waals surface area contributed by atoms with Gasteiger partial charge in [-0.2, -0.15) is 0 Å². The molecule has 122 valence electrons. The van der Waals surface area contributed by atoms with Gasteiger partial charge in [0.25, 0.3) is 0 Å². The zero-order valence-electron chi connectivity index (χ0n) is 13.1. The molecular formula is C16H16N6OS. The molecule has 8 heteroatoms. The molecule has 0 radical (unpaired) electrons. The predicted molar refractivity (Wildman–Crippen MR) is 89.7 cm³/mol. The molecule has 0 aromatic carbocycles. The van der Waals surface area contributed by atoms with Gasteiger partial charge in [-0.25, -0.2) is 14.6 Å². The van der Waals surface area contributed by atoms with Crippen molar-refractivity contribution in [2.75, 3.05) is 0 Å². The van der Waals surface area contributed by atoms with Crippen LogP contribution >= 0.6 is 11.3 Å². The van der Waals surface area contributed by atoms with Crippen LogP contribution in [0.4, 0.5) is 0 Å². The van der Waals surface area contributed by atoms with Gasteiger partial charge in [-0.3, -0.25) is 4.40 Å².